The number of aryl methyl sites for hydroxylation is 1. The molecule has 36 heavy (non-hydrogen) atoms. The van der Waals surface area contributed by atoms with Crippen LogP contribution in [0.2, 0.25) is 5.15 Å². The molecule has 1 N–H and O–H groups in total. The lowest BCUT2D eigenvalue weighted by Crippen LogP contribution is -2.14. The molecule has 0 aromatic carbocycles. The second-order valence-electron chi connectivity index (χ2n) is 8.54. The van der Waals surface area contributed by atoms with Crippen LogP contribution in [0.4, 0.5) is 5.13 Å². The van der Waals surface area contributed by atoms with Gasteiger partial charge in [-0.05, 0) is 37.8 Å². The number of fused-ring (bicyclic) bond motifs is 1. The van der Waals surface area contributed by atoms with Gasteiger partial charge in [0.05, 0.1) is 25.1 Å². The highest BCUT2D eigenvalue weighted by atomic mass is 35.5. The topological polar surface area (TPSA) is 103 Å². The number of pyridine rings is 2. The fraction of sp³-hybridized carbons (Fsp3) is 0.308. The maximum absolute atomic E-state index is 13.3. The van der Waals surface area contributed by atoms with E-state index in [0.717, 1.165) is 18.5 Å². The van der Waals surface area contributed by atoms with Crippen LogP contribution in [0.5, 0.6) is 5.75 Å². The fourth-order valence-electron chi connectivity index (χ4n) is 4.18. The molecule has 5 rings (SSSR count). The first kappa shape index (κ1) is 24.1. The molecule has 1 amide bonds. The second kappa shape index (κ2) is 10.6. The number of rotatable bonds is 4. The molecule has 8 nitrogen and oxygen atoms in total. The molecule has 0 radical (unpaired) electrons. The van der Waals surface area contributed by atoms with Crippen LogP contribution in [0, 0.1) is 24.7 Å². The minimum absolute atomic E-state index is 0.289. The molecule has 0 atom stereocenters. The van der Waals surface area contributed by atoms with Gasteiger partial charge in [0.15, 0.2) is 15.6 Å². The molecule has 1 aliphatic carbocycles. The first-order chi connectivity index (χ1) is 17.5. The van der Waals surface area contributed by atoms with E-state index < -0.39 is 0 Å². The van der Waals surface area contributed by atoms with Crippen molar-refractivity contribution in [1.29, 1.82) is 0 Å². The maximum Gasteiger partial charge on any atom is 0.259 e. The van der Waals surface area contributed by atoms with Crippen LogP contribution >= 0.6 is 22.9 Å². The number of carbonyl (C=O) groups is 1. The van der Waals surface area contributed by atoms with Crippen LogP contribution in [-0.4, -0.2) is 37.9 Å². The van der Waals surface area contributed by atoms with Crippen LogP contribution in [0.1, 0.15) is 53.8 Å². The third kappa shape index (κ3) is 5.30. The number of nitrogens with zero attached hydrogens (tertiary/aromatic N) is 5. The van der Waals surface area contributed by atoms with Crippen molar-refractivity contribution in [3.63, 3.8) is 0 Å². The average molecular weight is 519 g/mol. The van der Waals surface area contributed by atoms with Crippen molar-refractivity contribution in [3.8, 4) is 28.7 Å². The number of amides is 1. The average Bonchev–Trinajstić information content (AvgIpc) is 3.29. The van der Waals surface area contributed by atoms with Gasteiger partial charge in [-0.25, -0.2) is 15.0 Å². The molecule has 182 valence electrons. The van der Waals surface area contributed by atoms with Gasteiger partial charge in [-0.1, -0.05) is 48.1 Å². The Morgan fingerprint density at radius 1 is 1.08 bits per heavy atom. The smallest absolute Gasteiger partial charge is 0.259 e. The molecule has 1 saturated carbocycles. The summed E-state index contributed by atoms with van der Waals surface area (Å²) >= 11 is 7.39. The van der Waals surface area contributed by atoms with Crippen molar-refractivity contribution in [2.45, 2.75) is 39.0 Å². The van der Waals surface area contributed by atoms with Crippen LogP contribution < -0.4 is 10.1 Å². The first-order valence-corrected chi connectivity index (χ1v) is 12.8. The molecule has 10 heteroatoms. The highest BCUT2D eigenvalue weighted by Gasteiger charge is 2.20. The summed E-state index contributed by atoms with van der Waals surface area (Å²) in [7, 11) is 1.54. The Morgan fingerprint density at radius 3 is 2.72 bits per heavy atom. The van der Waals surface area contributed by atoms with E-state index in [9.17, 15) is 4.79 Å². The van der Waals surface area contributed by atoms with Gasteiger partial charge in [0.25, 0.3) is 5.91 Å². The Labute approximate surface area is 217 Å². The zero-order chi connectivity index (χ0) is 25.1. The van der Waals surface area contributed by atoms with Crippen LogP contribution in [0.15, 0.2) is 30.7 Å². The van der Waals surface area contributed by atoms with Crippen molar-refractivity contribution in [3.05, 3.63) is 52.8 Å². The zero-order valence-corrected chi connectivity index (χ0v) is 21.4. The van der Waals surface area contributed by atoms with Crippen molar-refractivity contribution < 1.29 is 9.53 Å². The van der Waals surface area contributed by atoms with Crippen molar-refractivity contribution in [2.24, 2.45) is 5.92 Å². The first-order valence-electron chi connectivity index (χ1n) is 11.6. The number of methoxy groups -OCH3 is 1. The number of hydrogen-bond donors (Lipinski definition) is 1. The van der Waals surface area contributed by atoms with Gasteiger partial charge in [0, 0.05) is 28.9 Å². The van der Waals surface area contributed by atoms with Gasteiger partial charge in [-0.2, -0.15) is 4.98 Å². The Morgan fingerprint density at radius 2 is 1.92 bits per heavy atom. The predicted molar refractivity (Wildman–Crippen MR) is 140 cm³/mol. The summed E-state index contributed by atoms with van der Waals surface area (Å²) in [5, 5.41) is 3.53. The summed E-state index contributed by atoms with van der Waals surface area (Å²) < 4.78 is 5.45. The minimum Gasteiger partial charge on any atom is -0.494 e. The lowest BCUT2D eigenvalue weighted by atomic mass is 9.90. The molecule has 0 spiro atoms. The lowest BCUT2D eigenvalue weighted by molar-refractivity contribution is 0.102. The standard InChI is InChI=1S/C26H23ClN6O2S/c1-15-10-18(19-11-22(27)29-14-21(19)35-2)20(13-28-15)24(34)33-26-32-23-25(36-26)31-17(12-30-23)9-8-16-6-4-3-5-7-16/h10-14,16H,3-7H2,1-2H3,(H,30,32,33,34). The number of carbonyl (C=O) groups excluding carboxylic acids is 1. The Bertz CT molecular complexity index is 1500. The second-order valence-corrected chi connectivity index (χ2v) is 9.90. The molecule has 4 aromatic rings. The predicted octanol–water partition coefficient (Wildman–Crippen LogP) is 5.70. The number of aromatic nitrogens is 5. The van der Waals surface area contributed by atoms with E-state index in [-0.39, 0.29) is 11.1 Å². The van der Waals surface area contributed by atoms with Crippen molar-refractivity contribution in [1.82, 2.24) is 24.9 Å². The van der Waals surface area contributed by atoms with Crippen molar-refractivity contribution >= 4 is 44.5 Å². The van der Waals surface area contributed by atoms with Gasteiger partial charge >= 0.3 is 0 Å². The van der Waals surface area contributed by atoms with E-state index in [1.54, 1.807) is 12.3 Å². The summed E-state index contributed by atoms with van der Waals surface area (Å²) in [5.41, 5.74) is 3.43. The van der Waals surface area contributed by atoms with E-state index in [1.807, 2.05) is 13.0 Å². The number of halogens is 1. The Hall–Kier alpha value is -3.61. The molecular formula is C26H23ClN6O2S. The molecule has 1 aliphatic rings. The van der Waals surface area contributed by atoms with Crippen LogP contribution in [0.3, 0.4) is 0 Å². The number of nitrogens with one attached hydrogen (secondary N) is 1. The molecule has 0 unspecified atom stereocenters. The van der Waals surface area contributed by atoms with E-state index in [4.69, 9.17) is 16.3 Å². The zero-order valence-electron chi connectivity index (χ0n) is 19.8. The third-order valence-electron chi connectivity index (χ3n) is 5.98. The number of ether oxygens (including phenoxy) is 1. The maximum atomic E-state index is 13.3. The molecule has 0 saturated heterocycles. The number of hydrogen-bond acceptors (Lipinski definition) is 8. The quantitative estimate of drug-likeness (QED) is 0.273. The highest BCUT2D eigenvalue weighted by molar-refractivity contribution is 7.21. The molecular weight excluding hydrogens is 496 g/mol. The largest absolute Gasteiger partial charge is 0.494 e. The molecule has 0 bridgehead atoms. The molecule has 4 aromatic heterocycles. The summed E-state index contributed by atoms with van der Waals surface area (Å²) in [6, 6.07) is 3.47. The summed E-state index contributed by atoms with van der Waals surface area (Å²) in [5.74, 6) is 7.05. The van der Waals surface area contributed by atoms with Crippen LogP contribution in [0.25, 0.3) is 21.6 Å². The van der Waals surface area contributed by atoms with Crippen LogP contribution in [-0.2, 0) is 0 Å². The van der Waals surface area contributed by atoms with Gasteiger partial charge < -0.3 is 4.74 Å². The third-order valence-corrected chi connectivity index (χ3v) is 7.04. The minimum atomic E-state index is -0.371. The molecule has 0 aliphatic heterocycles. The van der Waals surface area contributed by atoms with E-state index in [0.29, 0.717) is 49.7 Å². The SMILES string of the molecule is COc1cnc(Cl)cc1-c1cc(C)ncc1C(=O)Nc1nc2ncc(C#CC3CCCCC3)nc2s1. The Balaban J connectivity index is 1.41. The summed E-state index contributed by atoms with van der Waals surface area (Å²) in [6.07, 6.45) is 10.7. The van der Waals surface area contributed by atoms with E-state index in [1.165, 1.54) is 50.1 Å². The summed E-state index contributed by atoms with van der Waals surface area (Å²) in [4.78, 5) is 35.7. The van der Waals surface area contributed by atoms with Gasteiger partial charge in [-0.3, -0.25) is 15.1 Å². The molecule has 1 fully saturated rings. The van der Waals surface area contributed by atoms with Gasteiger partial charge in [0.1, 0.15) is 16.6 Å². The highest BCUT2D eigenvalue weighted by Crippen LogP contribution is 2.34. The van der Waals surface area contributed by atoms with E-state index >= 15 is 0 Å². The number of thiazole rings is 1. The fourth-order valence-corrected chi connectivity index (χ4v) is 5.13. The number of anilines is 1. The normalized spacial score (nSPS) is 13.8. The lowest BCUT2D eigenvalue weighted by Gasteiger charge is -2.15. The Kier molecular flexibility index (Phi) is 7.07. The van der Waals surface area contributed by atoms with Gasteiger partial charge in [0.2, 0.25) is 0 Å². The summed E-state index contributed by atoms with van der Waals surface area (Å²) in [6.45, 7) is 1.85. The monoisotopic (exact) mass is 518 g/mol. The molecule has 4 heterocycles. The van der Waals surface area contributed by atoms with Gasteiger partial charge in [-0.15, -0.1) is 0 Å². The van der Waals surface area contributed by atoms with E-state index in [2.05, 4.69) is 42.1 Å². The van der Waals surface area contributed by atoms with Crippen molar-refractivity contribution in [2.75, 3.05) is 12.4 Å².